The zero-order chi connectivity index (χ0) is 7.68. The Bertz CT molecular complexity index is 229. The fraction of sp³-hybridized carbons (Fsp3) is 0.333. The first-order valence-corrected chi connectivity index (χ1v) is 3.72. The van der Waals surface area contributed by atoms with Gasteiger partial charge in [-0.2, -0.15) is 0 Å². The minimum atomic E-state index is -0.636. The van der Waals surface area contributed by atoms with Gasteiger partial charge in [0.1, 0.15) is 6.17 Å². The highest BCUT2D eigenvalue weighted by atomic mass is 19.1. The lowest BCUT2D eigenvalue weighted by molar-refractivity contribution is 0.275. The average Bonchev–Trinajstić information content (AvgIpc) is 2.01. The highest BCUT2D eigenvalue weighted by Gasteiger charge is 2.25. The zero-order valence-electron chi connectivity index (χ0n) is 6.13. The minimum absolute atomic E-state index is 0.528. The molecule has 1 fully saturated rings. The maximum atomic E-state index is 12.4. The average molecular weight is 150 g/mol. The monoisotopic (exact) mass is 150 g/mol. The Hall–Kier alpha value is -1.05. The van der Waals surface area contributed by atoms with E-state index < -0.39 is 6.17 Å². The standard InChI is InChI=1S/C9H9FN/c10-8-6-11(7-8)9-4-2-1-3-5-9/h1-4,8H,6-7H2. The van der Waals surface area contributed by atoms with Crippen LogP contribution in [0.5, 0.6) is 0 Å². The molecule has 0 unspecified atom stereocenters. The van der Waals surface area contributed by atoms with Gasteiger partial charge in [-0.3, -0.25) is 0 Å². The number of para-hydroxylation sites is 1. The van der Waals surface area contributed by atoms with Crippen LogP contribution in [0.15, 0.2) is 24.3 Å². The fourth-order valence-corrected chi connectivity index (χ4v) is 1.20. The van der Waals surface area contributed by atoms with Crippen molar-refractivity contribution in [2.24, 2.45) is 0 Å². The summed E-state index contributed by atoms with van der Waals surface area (Å²) in [4.78, 5) is 1.98. The first kappa shape index (κ1) is 6.65. The number of halogens is 1. The molecule has 2 heteroatoms. The second-order valence-corrected chi connectivity index (χ2v) is 2.75. The molecule has 0 spiro atoms. The molecule has 0 aliphatic carbocycles. The van der Waals surface area contributed by atoms with E-state index >= 15 is 0 Å². The first-order valence-electron chi connectivity index (χ1n) is 3.72. The number of rotatable bonds is 1. The molecule has 2 rings (SSSR count). The van der Waals surface area contributed by atoms with Gasteiger partial charge in [0.25, 0.3) is 0 Å². The smallest absolute Gasteiger partial charge is 0.135 e. The van der Waals surface area contributed by atoms with Crippen molar-refractivity contribution in [3.8, 4) is 0 Å². The number of anilines is 1. The van der Waals surface area contributed by atoms with Gasteiger partial charge in [-0.25, -0.2) is 4.39 Å². The van der Waals surface area contributed by atoms with Crippen LogP contribution in [-0.2, 0) is 0 Å². The minimum Gasteiger partial charge on any atom is -0.365 e. The lowest BCUT2D eigenvalue weighted by atomic mass is 10.1. The molecular formula is C9H9FN. The molecule has 1 aromatic carbocycles. The van der Waals surface area contributed by atoms with Crippen LogP contribution in [0.4, 0.5) is 10.1 Å². The molecule has 0 bridgehead atoms. The number of benzene rings is 1. The Morgan fingerprint density at radius 2 is 2.27 bits per heavy atom. The van der Waals surface area contributed by atoms with E-state index in [0.717, 1.165) is 5.69 Å². The second kappa shape index (κ2) is 2.53. The molecular weight excluding hydrogens is 141 g/mol. The van der Waals surface area contributed by atoms with Gasteiger partial charge in [0, 0.05) is 11.8 Å². The SMILES string of the molecule is FC1CN(c2[c]cccc2)C1. The third-order valence-corrected chi connectivity index (χ3v) is 1.87. The van der Waals surface area contributed by atoms with Gasteiger partial charge in [-0.1, -0.05) is 18.2 Å². The molecule has 1 nitrogen and oxygen atoms in total. The zero-order valence-corrected chi connectivity index (χ0v) is 6.13. The van der Waals surface area contributed by atoms with Crippen LogP contribution in [0.3, 0.4) is 0 Å². The molecule has 0 N–H and O–H groups in total. The Morgan fingerprint density at radius 1 is 1.45 bits per heavy atom. The maximum absolute atomic E-state index is 12.4. The lowest BCUT2D eigenvalue weighted by Gasteiger charge is -2.36. The molecule has 11 heavy (non-hydrogen) atoms. The van der Waals surface area contributed by atoms with Crippen molar-refractivity contribution in [1.29, 1.82) is 0 Å². The van der Waals surface area contributed by atoms with Crippen molar-refractivity contribution in [3.05, 3.63) is 30.3 Å². The van der Waals surface area contributed by atoms with Crippen molar-refractivity contribution in [2.45, 2.75) is 6.17 Å². The number of nitrogens with zero attached hydrogens (tertiary/aromatic N) is 1. The van der Waals surface area contributed by atoms with Crippen molar-refractivity contribution < 1.29 is 4.39 Å². The molecule has 1 heterocycles. The van der Waals surface area contributed by atoms with Crippen LogP contribution < -0.4 is 4.90 Å². The van der Waals surface area contributed by atoms with Crippen LogP contribution >= 0.6 is 0 Å². The summed E-state index contributed by atoms with van der Waals surface area (Å²) in [6.45, 7) is 1.06. The van der Waals surface area contributed by atoms with Gasteiger partial charge in [-0.15, -0.1) is 0 Å². The van der Waals surface area contributed by atoms with Crippen LogP contribution in [0, 0.1) is 6.07 Å². The van der Waals surface area contributed by atoms with E-state index in [1.165, 1.54) is 0 Å². The highest BCUT2D eigenvalue weighted by molar-refractivity contribution is 5.47. The van der Waals surface area contributed by atoms with Gasteiger partial charge >= 0.3 is 0 Å². The Labute approximate surface area is 65.4 Å². The van der Waals surface area contributed by atoms with E-state index in [1.54, 1.807) is 0 Å². The quantitative estimate of drug-likeness (QED) is 0.588. The Kier molecular flexibility index (Phi) is 1.53. The second-order valence-electron chi connectivity index (χ2n) is 2.75. The molecule has 0 saturated carbocycles. The lowest BCUT2D eigenvalue weighted by Crippen LogP contribution is -2.48. The number of hydrogen-bond donors (Lipinski definition) is 0. The summed E-state index contributed by atoms with van der Waals surface area (Å²) >= 11 is 0. The molecule has 1 aromatic rings. The highest BCUT2D eigenvalue weighted by Crippen LogP contribution is 2.20. The molecule has 1 radical (unpaired) electrons. The predicted molar refractivity (Wildman–Crippen MR) is 42.4 cm³/mol. The first-order chi connectivity index (χ1) is 5.36. The molecule has 1 aliphatic heterocycles. The number of hydrogen-bond acceptors (Lipinski definition) is 1. The fourth-order valence-electron chi connectivity index (χ4n) is 1.20. The molecule has 0 aromatic heterocycles. The van der Waals surface area contributed by atoms with Gasteiger partial charge < -0.3 is 4.90 Å². The maximum Gasteiger partial charge on any atom is 0.135 e. The van der Waals surface area contributed by atoms with Gasteiger partial charge in [0.2, 0.25) is 0 Å². The van der Waals surface area contributed by atoms with Gasteiger partial charge in [0.15, 0.2) is 0 Å². The summed E-state index contributed by atoms with van der Waals surface area (Å²) < 4.78 is 12.4. The van der Waals surface area contributed by atoms with E-state index in [9.17, 15) is 4.39 Å². The van der Waals surface area contributed by atoms with E-state index in [2.05, 4.69) is 6.07 Å². The Morgan fingerprint density at radius 3 is 2.82 bits per heavy atom. The summed E-state index contributed by atoms with van der Waals surface area (Å²) in [5.41, 5.74) is 1.00. The third kappa shape index (κ3) is 1.20. The molecule has 1 aliphatic rings. The molecule has 57 valence electrons. The van der Waals surface area contributed by atoms with Crippen molar-refractivity contribution >= 4 is 5.69 Å². The summed E-state index contributed by atoms with van der Waals surface area (Å²) in [6.07, 6.45) is -0.636. The van der Waals surface area contributed by atoms with Crippen molar-refractivity contribution in [3.63, 3.8) is 0 Å². The normalized spacial score (nSPS) is 18.1. The third-order valence-electron chi connectivity index (χ3n) is 1.87. The van der Waals surface area contributed by atoms with E-state index in [0.29, 0.717) is 13.1 Å². The van der Waals surface area contributed by atoms with Crippen LogP contribution in [0.1, 0.15) is 0 Å². The van der Waals surface area contributed by atoms with Crippen LogP contribution in [0.2, 0.25) is 0 Å². The van der Waals surface area contributed by atoms with Crippen LogP contribution in [0.25, 0.3) is 0 Å². The summed E-state index contributed by atoms with van der Waals surface area (Å²) in [7, 11) is 0. The van der Waals surface area contributed by atoms with Crippen molar-refractivity contribution in [2.75, 3.05) is 18.0 Å². The van der Waals surface area contributed by atoms with E-state index in [-0.39, 0.29) is 0 Å². The summed E-state index contributed by atoms with van der Waals surface area (Å²) in [5, 5.41) is 0. The summed E-state index contributed by atoms with van der Waals surface area (Å²) in [6, 6.07) is 10.7. The summed E-state index contributed by atoms with van der Waals surface area (Å²) in [5.74, 6) is 0. The van der Waals surface area contributed by atoms with Gasteiger partial charge in [0.05, 0.1) is 13.1 Å². The van der Waals surface area contributed by atoms with E-state index in [1.807, 2.05) is 29.2 Å². The van der Waals surface area contributed by atoms with Crippen molar-refractivity contribution in [1.82, 2.24) is 0 Å². The van der Waals surface area contributed by atoms with Crippen LogP contribution in [-0.4, -0.2) is 19.3 Å². The van der Waals surface area contributed by atoms with Gasteiger partial charge in [-0.05, 0) is 6.07 Å². The number of alkyl halides is 1. The van der Waals surface area contributed by atoms with E-state index in [4.69, 9.17) is 0 Å². The largest absolute Gasteiger partial charge is 0.365 e. The topological polar surface area (TPSA) is 3.24 Å². The molecule has 0 amide bonds. The Balaban J connectivity index is 2.08. The molecule has 1 saturated heterocycles. The predicted octanol–water partition coefficient (Wildman–Crippen LogP) is 1.64. The molecule has 0 atom stereocenters.